The number of nitrogens with zero attached hydrogens (tertiary/aromatic N) is 4. The third-order valence-corrected chi connectivity index (χ3v) is 4.73. The molecule has 0 saturated heterocycles. The molecule has 1 aliphatic carbocycles. The van der Waals surface area contributed by atoms with Crippen LogP contribution in [0, 0.1) is 12.7 Å². The number of halogens is 2. The molecule has 0 bridgehead atoms. The fourth-order valence-electron chi connectivity index (χ4n) is 3.11. The number of anilines is 1. The maximum absolute atomic E-state index is 14.4. The van der Waals surface area contributed by atoms with Crippen molar-refractivity contribution >= 4 is 22.6 Å². The predicted octanol–water partition coefficient (Wildman–Crippen LogP) is 3.63. The Labute approximate surface area is 147 Å². The summed E-state index contributed by atoms with van der Waals surface area (Å²) in [6.07, 6.45) is 8.20. The van der Waals surface area contributed by atoms with Crippen LogP contribution in [0.2, 0.25) is 0 Å². The summed E-state index contributed by atoms with van der Waals surface area (Å²) in [6, 6.07) is 1.45. The number of aromatic amines is 1. The van der Waals surface area contributed by atoms with E-state index in [0.717, 1.165) is 16.6 Å². The van der Waals surface area contributed by atoms with Crippen molar-refractivity contribution in [2.75, 3.05) is 11.9 Å². The second-order valence-electron chi connectivity index (χ2n) is 6.85. The van der Waals surface area contributed by atoms with Gasteiger partial charge in [0.1, 0.15) is 11.3 Å². The standard InChI is InChI=1S/C18H16F2N6/c1-10-7-26-8-11(4-14(19)16(26)24-10)12-5-21-15-13(12)6-22-17(25-15)23-9-18(20)2-3-18/h4-8H,2-3,9H2,1H3,(H2,21,22,23,25). The van der Waals surface area contributed by atoms with Crippen molar-refractivity contribution in [1.82, 2.24) is 24.3 Å². The van der Waals surface area contributed by atoms with E-state index in [1.54, 1.807) is 23.0 Å². The molecule has 132 valence electrons. The Morgan fingerprint density at radius 2 is 2.15 bits per heavy atom. The summed E-state index contributed by atoms with van der Waals surface area (Å²) in [4.78, 5) is 15.9. The molecule has 1 saturated carbocycles. The highest BCUT2D eigenvalue weighted by molar-refractivity contribution is 5.93. The van der Waals surface area contributed by atoms with Gasteiger partial charge in [-0.05, 0) is 25.8 Å². The molecule has 8 heteroatoms. The lowest BCUT2D eigenvalue weighted by Gasteiger charge is -2.07. The van der Waals surface area contributed by atoms with Gasteiger partial charge in [-0.15, -0.1) is 0 Å². The maximum atomic E-state index is 14.4. The minimum absolute atomic E-state index is 0.216. The zero-order valence-corrected chi connectivity index (χ0v) is 14.1. The lowest BCUT2D eigenvalue weighted by atomic mass is 10.1. The second kappa shape index (κ2) is 5.23. The van der Waals surface area contributed by atoms with Crippen LogP contribution in [-0.2, 0) is 0 Å². The van der Waals surface area contributed by atoms with E-state index in [-0.39, 0.29) is 12.4 Å². The molecular formula is C18H16F2N6. The van der Waals surface area contributed by atoms with E-state index in [4.69, 9.17) is 0 Å². The van der Waals surface area contributed by atoms with Gasteiger partial charge in [-0.25, -0.2) is 18.7 Å². The highest BCUT2D eigenvalue weighted by Gasteiger charge is 2.43. The number of fused-ring (bicyclic) bond motifs is 2. The Morgan fingerprint density at radius 1 is 1.31 bits per heavy atom. The third kappa shape index (κ3) is 2.49. The normalized spacial score (nSPS) is 15.7. The number of hydrogen-bond acceptors (Lipinski definition) is 4. The van der Waals surface area contributed by atoms with Gasteiger partial charge in [0.25, 0.3) is 0 Å². The SMILES string of the molecule is Cc1cn2cc(-c3c[nH]c4nc(NCC5(F)CC5)ncc34)cc(F)c2n1. The molecule has 0 unspecified atom stereocenters. The van der Waals surface area contributed by atoms with Gasteiger partial charge in [0.05, 0.1) is 12.2 Å². The second-order valence-corrected chi connectivity index (χ2v) is 6.85. The number of rotatable bonds is 4. The Bertz CT molecular complexity index is 1140. The number of alkyl halides is 1. The summed E-state index contributed by atoms with van der Waals surface area (Å²) in [5.41, 5.74) is 2.04. The fourth-order valence-corrected chi connectivity index (χ4v) is 3.11. The van der Waals surface area contributed by atoms with Crippen molar-refractivity contribution in [2.45, 2.75) is 25.4 Å². The first-order valence-corrected chi connectivity index (χ1v) is 8.43. The van der Waals surface area contributed by atoms with Crippen LogP contribution in [0.15, 0.2) is 30.9 Å². The van der Waals surface area contributed by atoms with Crippen molar-refractivity contribution < 1.29 is 8.78 Å². The fraction of sp³-hybridized carbons (Fsp3) is 0.278. The van der Waals surface area contributed by atoms with Crippen LogP contribution >= 0.6 is 0 Å². The lowest BCUT2D eigenvalue weighted by molar-refractivity contribution is 0.326. The molecule has 0 radical (unpaired) electrons. The molecule has 6 nitrogen and oxygen atoms in total. The molecular weight excluding hydrogens is 338 g/mol. The number of hydrogen-bond donors (Lipinski definition) is 2. The van der Waals surface area contributed by atoms with Gasteiger partial charge in [0.15, 0.2) is 11.5 Å². The van der Waals surface area contributed by atoms with Crippen LogP contribution in [0.3, 0.4) is 0 Å². The highest BCUT2D eigenvalue weighted by atomic mass is 19.1. The number of imidazole rings is 1. The minimum atomic E-state index is -1.12. The van der Waals surface area contributed by atoms with E-state index in [0.29, 0.717) is 35.6 Å². The first kappa shape index (κ1) is 15.2. The Morgan fingerprint density at radius 3 is 2.96 bits per heavy atom. The first-order chi connectivity index (χ1) is 12.5. The molecule has 4 aromatic rings. The zero-order valence-electron chi connectivity index (χ0n) is 14.1. The van der Waals surface area contributed by atoms with Crippen molar-refractivity contribution in [3.8, 4) is 11.1 Å². The molecule has 4 heterocycles. The van der Waals surface area contributed by atoms with Crippen LogP contribution in [0.25, 0.3) is 27.8 Å². The molecule has 4 aromatic heterocycles. The smallest absolute Gasteiger partial charge is 0.224 e. The lowest BCUT2D eigenvalue weighted by Crippen LogP contribution is -2.17. The predicted molar refractivity (Wildman–Crippen MR) is 94.3 cm³/mol. The van der Waals surface area contributed by atoms with Gasteiger partial charge in [-0.1, -0.05) is 0 Å². The van der Waals surface area contributed by atoms with Crippen molar-refractivity contribution in [3.05, 3.63) is 42.4 Å². The van der Waals surface area contributed by atoms with Crippen molar-refractivity contribution in [1.29, 1.82) is 0 Å². The largest absolute Gasteiger partial charge is 0.351 e. The summed E-state index contributed by atoms with van der Waals surface area (Å²) in [5.74, 6) is -0.0106. The summed E-state index contributed by atoms with van der Waals surface area (Å²) in [7, 11) is 0. The summed E-state index contributed by atoms with van der Waals surface area (Å²) in [5, 5.41) is 3.71. The summed E-state index contributed by atoms with van der Waals surface area (Å²) in [6.45, 7) is 2.04. The van der Waals surface area contributed by atoms with Crippen LogP contribution in [0.4, 0.5) is 14.7 Å². The topological polar surface area (TPSA) is 70.9 Å². The van der Waals surface area contributed by atoms with Gasteiger partial charge in [0, 0.05) is 41.3 Å². The average molecular weight is 354 g/mol. The highest BCUT2D eigenvalue weighted by Crippen LogP contribution is 2.39. The van der Waals surface area contributed by atoms with Crippen molar-refractivity contribution in [2.24, 2.45) is 0 Å². The molecule has 0 aliphatic heterocycles. The number of nitrogens with one attached hydrogen (secondary N) is 2. The maximum Gasteiger partial charge on any atom is 0.224 e. The first-order valence-electron chi connectivity index (χ1n) is 8.43. The molecule has 0 aromatic carbocycles. The van der Waals surface area contributed by atoms with E-state index >= 15 is 0 Å². The van der Waals surface area contributed by atoms with Crippen LogP contribution in [0.5, 0.6) is 0 Å². The van der Waals surface area contributed by atoms with E-state index in [1.165, 1.54) is 6.07 Å². The monoisotopic (exact) mass is 354 g/mol. The van der Waals surface area contributed by atoms with E-state index in [1.807, 2.05) is 13.1 Å². The van der Waals surface area contributed by atoms with E-state index in [2.05, 4.69) is 25.3 Å². The van der Waals surface area contributed by atoms with Crippen LogP contribution in [-0.4, -0.2) is 36.6 Å². The number of pyridine rings is 1. The van der Waals surface area contributed by atoms with Crippen LogP contribution in [0.1, 0.15) is 18.5 Å². The molecule has 0 spiro atoms. The van der Waals surface area contributed by atoms with E-state index < -0.39 is 5.67 Å². The Hall–Kier alpha value is -3.03. The molecule has 0 amide bonds. The Balaban J connectivity index is 1.53. The van der Waals surface area contributed by atoms with Gasteiger partial charge >= 0.3 is 0 Å². The number of H-pyrrole nitrogens is 1. The number of aryl methyl sites for hydroxylation is 1. The van der Waals surface area contributed by atoms with Gasteiger partial charge in [-0.3, -0.25) is 0 Å². The zero-order chi connectivity index (χ0) is 17.9. The minimum Gasteiger partial charge on any atom is -0.351 e. The summed E-state index contributed by atoms with van der Waals surface area (Å²) >= 11 is 0. The molecule has 5 rings (SSSR count). The van der Waals surface area contributed by atoms with Crippen LogP contribution < -0.4 is 5.32 Å². The number of aromatic nitrogens is 5. The quantitative estimate of drug-likeness (QED) is 0.587. The average Bonchev–Trinajstić information content (AvgIpc) is 3.04. The molecule has 0 atom stereocenters. The van der Waals surface area contributed by atoms with Gasteiger partial charge in [0.2, 0.25) is 5.95 Å². The van der Waals surface area contributed by atoms with Crippen molar-refractivity contribution in [3.63, 3.8) is 0 Å². The molecule has 1 fully saturated rings. The Kier molecular flexibility index (Phi) is 3.07. The molecule has 1 aliphatic rings. The third-order valence-electron chi connectivity index (χ3n) is 4.73. The van der Waals surface area contributed by atoms with E-state index in [9.17, 15) is 8.78 Å². The molecule has 26 heavy (non-hydrogen) atoms. The summed E-state index contributed by atoms with van der Waals surface area (Å²) < 4.78 is 29.8. The van der Waals surface area contributed by atoms with Gasteiger partial charge in [-0.2, -0.15) is 4.98 Å². The molecule has 2 N–H and O–H groups in total. The van der Waals surface area contributed by atoms with Gasteiger partial charge < -0.3 is 14.7 Å².